The Balaban J connectivity index is -0.00000266. The van der Waals surface area contributed by atoms with E-state index in [9.17, 15) is 34.8 Å². The van der Waals surface area contributed by atoms with E-state index < -0.39 is 43.0 Å². The molecule has 5 radical (unpaired) electrons. The predicted molar refractivity (Wildman–Crippen MR) is 307 cm³/mol. The zero-order valence-corrected chi connectivity index (χ0v) is 75.7. The Kier molecular flexibility index (Phi) is 83.5. The number of hydrogen-bond acceptors (Lipinski definition) is 12. The maximum absolute atomic E-state index is 13.5. The molecule has 0 fully saturated rings. The fourth-order valence-corrected chi connectivity index (χ4v) is 9.82. The molecule has 5 atom stereocenters. The summed E-state index contributed by atoms with van der Waals surface area (Å²) in [6, 6.07) is -0.481. The molecule has 79 heavy (non-hydrogen) atoms. The summed E-state index contributed by atoms with van der Waals surface area (Å²) in [5, 5.41) is 56.7. The van der Waals surface area contributed by atoms with Crippen LogP contribution in [0.3, 0.4) is 0 Å². The molecule has 1 unspecified atom stereocenters. The van der Waals surface area contributed by atoms with Crippen LogP contribution in [0.4, 0.5) is 0 Å². The molecule has 0 aromatic rings. The van der Waals surface area contributed by atoms with E-state index in [0.29, 0.717) is 38.3 Å². The SMILES string of the molecule is CCCCCCCCCCC(NC(=O)CCCCCCCCCCCNC(=O)[C@H](O)[C@@H](O)[C@H](O)[C@H](O)CO)C(=O)NCCCCCCC(CN(C)CCCCN(C)CCCC)CN(C)CCCCN(C)CCCC.[Ac].[Ac].[Ac].[Ac].[Ac]. The zero-order valence-electron chi connectivity index (χ0n) is 52.0. The van der Waals surface area contributed by atoms with Crippen molar-refractivity contribution in [1.29, 1.82) is 0 Å². The van der Waals surface area contributed by atoms with Crippen molar-refractivity contribution in [3.05, 3.63) is 0 Å². The number of hydrogen-bond donors (Lipinski definition) is 8. The number of aliphatic hydroxyl groups is 5. The maximum atomic E-state index is 13.5. The normalized spacial score (nSPS) is 13.2. The molecule has 0 saturated carbocycles. The number of carbonyl (C=O) groups is 3. The van der Waals surface area contributed by atoms with Crippen molar-refractivity contribution < 1.29 is 260 Å². The summed E-state index contributed by atoms with van der Waals surface area (Å²) < 4.78 is 0. The van der Waals surface area contributed by atoms with Crippen LogP contribution in [0, 0.1) is 226 Å². The Hall–Kier alpha value is 5.26. The molecular weight excluding hydrogens is 2070 g/mol. The van der Waals surface area contributed by atoms with E-state index in [-0.39, 0.29) is 232 Å². The minimum atomic E-state index is -1.91. The molecule has 0 rings (SSSR count). The zero-order chi connectivity index (χ0) is 55.0. The molecular formula is C59H121Ac5N7O8. The van der Waals surface area contributed by atoms with Crippen LogP contribution in [-0.2, 0) is 14.4 Å². The van der Waals surface area contributed by atoms with Crippen LogP contribution < -0.4 is 16.0 Å². The first-order chi connectivity index (χ1) is 35.7. The quantitative estimate of drug-likeness (QED) is 0.0273. The Morgan fingerprint density at radius 3 is 1.19 bits per heavy atom. The van der Waals surface area contributed by atoms with Gasteiger partial charge in [-0.3, -0.25) is 14.4 Å². The second kappa shape index (κ2) is 69.2. The van der Waals surface area contributed by atoms with E-state index in [2.05, 4.69) is 84.5 Å². The van der Waals surface area contributed by atoms with Gasteiger partial charge in [-0.2, -0.15) is 0 Å². The Bertz CT molecular complexity index is 1290. The van der Waals surface area contributed by atoms with E-state index in [0.717, 1.165) is 103 Å². The minimum absolute atomic E-state index is 0. The Morgan fingerprint density at radius 2 is 0.759 bits per heavy atom. The van der Waals surface area contributed by atoms with E-state index in [1.165, 1.54) is 135 Å². The first-order valence-electron chi connectivity index (χ1n) is 30.6. The van der Waals surface area contributed by atoms with Gasteiger partial charge in [0.05, 0.1) is 6.61 Å². The number of rotatable bonds is 55. The van der Waals surface area contributed by atoms with E-state index in [1.54, 1.807) is 0 Å². The molecule has 0 aliphatic carbocycles. The summed E-state index contributed by atoms with van der Waals surface area (Å²) in [7, 11) is 9.15. The molecule has 3 amide bonds. The van der Waals surface area contributed by atoms with E-state index in [4.69, 9.17) is 5.11 Å². The van der Waals surface area contributed by atoms with Crippen molar-refractivity contribution in [2.75, 3.05) is 100 Å². The fraction of sp³-hybridized carbons (Fsp3) is 0.949. The topological polar surface area (TPSA) is 201 Å². The molecule has 0 aromatic carbocycles. The largest absolute Gasteiger partial charge is 0.394 e. The molecule has 15 nitrogen and oxygen atoms in total. The van der Waals surface area contributed by atoms with E-state index >= 15 is 0 Å². The van der Waals surface area contributed by atoms with Crippen LogP contribution in [0.15, 0.2) is 0 Å². The number of amides is 3. The van der Waals surface area contributed by atoms with Gasteiger partial charge in [0.2, 0.25) is 11.8 Å². The molecule has 0 bridgehead atoms. The minimum Gasteiger partial charge on any atom is -0.394 e. The number of aliphatic hydroxyl groups excluding tert-OH is 5. The Labute approximate surface area is 664 Å². The number of carbonyl (C=O) groups excluding carboxylic acids is 3. The third kappa shape index (κ3) is 59.3. The summed E-state index contributed by atoms with van der Waals surface area (Å²) in [5.41, 5.74) is 0. The monoisotopic (exact) mass is 2190 g/mol. The third-order valence-electron chi connectivity index (χ3n) is 14.8. The smallest absolute Gasteiger partial charge is 0.251 e. The Morgan fingerprint density at radius 1 is 0.405 bits per heavy atom. The fourth-order valence-electron chi connectivity index (χ4n) is 9.82. The van der Waals surface area contributed by atoms with Gasteiger partial charge < -0.3 is 61.1 Å². The van der Waals surface area contributed by atoms with Crippen LogP contribution >= 0.6 is 0 Å². The second-order valence-electron chi connectivity index (χ2n) is 22.4. The molecule has 0 aromatic heterocycles. The van der Waals surface area contributed by atoms with Crippen molar-refractivity contribution in [2.24, 2.45) is 5.92 Å². The van der Waals surface area contributed by atoms with Gasteiger partial charge in [-0.15, -0.1) is 0 Å². The van der Waals surface area contributed by atoms with Gasteiger partial charge in [0.25, 0.3) is 5.91 Å². The van der Waals surface area contributed by atoms with Gasteiger partial charge in [-0.1, -0.05) is 149 Å². The summed E-state index contributed by atoms with van der Waals surface area (Å²) in [6.45, 7) is 16.3. The van der Waals surface area contributed by atoms with Crippen LogP contribution in [0.1, 0.15) is 226 Å². The third-order valence-corrected chi connectivity index (χ3v) is 14.8. The average molecular weight is 2190 g/mol. The second-order valence-corrected chi connectivity index (χ2v) is 22.4. The van der Waals surface area contributed by atoms with Crippen molar-refractivity contribution in [3.63, 3.8) is 0 Å². The number of nitrogens with one attached hydrogen (secondary N) is 3. The van der Waals surface area contributed by atoms with Crippen LogP contribution in [-0.4, -0.2) is 194 Å². The number of nitrogens with zero attached hydrogens (tertiary/aromatic N) is 4. The summed E-state index contributed by atoms with van der Waals surface area (Å²) in [6.07, 6.45) is 27.7. The molecule has 8 N–H and O–H groups in total. The van der Waals surface area contributed by atoms with Crippen molar-refractivity contribution in [1.82, 2.24) is 35.6 Å². The molecule has 20 heteroatoms. The van der Waals surface area contributed by atoms with Gasteiger partial charge in [0.15, 0.2) is 6.10 Å². The van der Waals surface area contributed by atoms with E-state index in [1.807, 2.05) is 0 Å². The van der Waals surface area contributed by atoms with Crippen molar-refractivity contribution >= 4 is 17.7 Å². The molecule has 0 aliphatic heterocycles. The molecule has 0 spiro atoms. The summed E-state index contributed by atoms with van der Waals surface area (Å²) in [5.74, 6) is -0.264. The van der Waals surface area contributed by atoms with Gasteiger partial charge in [0.1, 0.15) is 24.4 Å². The molecule has 455 valence electrons. The van der Waals surface area contributed by atoms with Gasteiger partial charge in [-0.25, -0.2) is 0 Å². The molecule has 0 aliphatic rings. The van der Waals surface area contributed by atoms with Gasteiger partial charge in [0, 0.05) is 253 Å². The standard InChI is InChI=1S/C59H121N7O8.5Ac/c1-8-11-14-15-16-20-23-29-38-52(62-54(69)39-30-24-21-18-17-19-22-26-31-41-61-59(74)57(72)56(71)55(70)53(68)50-67)58(73)60-40-32-27-25-28-37-51(48-65(6)46-35-33-44-63(4)42-12-9-2)49-66(7)47-36-34-45-64(5)43-13-10-3;;;;;/h51-53,55-57,67-68,70-72H,8-50H2,1-7H3,(H,60,73)(H,61,74)(H,62,69);;;;;/t52?,53-,55-,56+,57-;;;;;/m1...../s1. The average Bonchev–Trinajstić information content (AvgIpc) is 3.38. The first kappa shape index (κ1) is 95.4. The molecule has 0 heterocycles. The summed E-state index contributed by atoms with van der Waals surface area (Å²) >= 11 is 0. The van der Waals surface area contributed by atoms with Crippen molar-refractivity contribution in [2.45, 2.75) is 257 Å². The van der Waals surface area contributed by atoms with Crippen LogP contribution in [0.2, 0.25) is 0 Å². The van der Waals surface area contributed by atoms with Crippen molar-refractivity contribution in [3.8, 4) is 0 Å². The van der Waals surface area contributed by atoms with Crippen LogP contribution in [0.25, 0.3) is 0 Å². The summed E-state index contributed by atoms with van der Waals surface area (Å²) in [4.78, 5) is 48.9. The first-order valence-corrected chi connectivity index (χ1v) is 30.6. The number of unbranched alkanes of at least 4 members (excludes halogenated alkanes) is 22. The predicted octanol–water partition coefficient (Wildman–Crippen LogP) is 8.03. The van der Waals surface area contributed by atoms with Gasteiger partial charge >= 0.3 is 0 Å². The molecule has 0 saturated heterocycles. The maximum Gasteiger partial charge on any atom is 0.251 e. The van der Waals surface area contributed by atoms with Crippen LogP contribution in [0.5, 0.6) is 0 Å². The van der Waals surface area contributed by atoms with Gasteiger partial charge in [-0.05, 0) is 144 Å².